The highest BCUT2D eigenvalue weighted by atomic mass is 15.0. The zero-order valence-corrected chi connectivity index (χ0v) is 27.1. The van der Waals surface area contributed by atoms with Crippen molar-refractivity contribution in [2.24, 2.45) is 0 Å². The minimum Gasteiger partial charge on any atom is -0.208 e. The van der Waals surface area contributed by atoms with Crippen LogP contribution in [0.3, 0.4) is 0 Å². The molecule has 0 aliphatic heterocycles. The summed E-state index contributed by atoms with van der Waals surface area (Å²) in [6, 6.07) is 52.7. The number of hydrogen-bond acceptors (Lipinski definition) is 4. The molecule has 4 heteroatoms. The maximum Gasteiger partial charge on any atom is 0.164 e. The second-order valence-corrected chi connectivity index (χ2v) is 13.2. The lowest BCUT2D eigenvalue weighted by atomic mass is 9.81. The Balaban J connectivity index is 1.25. The Labute approximate surface area is 285 Å². The van der Waals surface area contributed by atoms with E-state index in [2.05, 4.69) is 153 Å². The molecule has 0 N–H and O–H groups in total. The molecule has 0 atom stereocenters. The fourth-order valence-electron chi connectivity index (χ4n) is 7.51. The highest BCUT2D eigenvalue weighted by Crippen LogP contribution is 2.52. The molecule has 0 spiro atoms. The zero-order chi connectivity index (χ0) is 33.1. The van der Waals surface area contributed by atoms with Gasteiger partial charge in [-0.15, -0.1) is 0 Å². The Morgan fingerprint density at radius 1 is 0.469 bits per heavy atom. The van der Waals surface area contributed by atoms with Gasteiger partial charge in [0.25, 0.3) is 0 Å². The summed E-state index contributed by atoms with van der Waals surface area (Å²) in [4.78, 5) is 15.5. The van der Waals surface area contributed by atoms with Crippen LogP contribution in [-0.2, 0) is 5.41 Å². The Bertz CT molecular complexity index is 2550. The van der Waals surface area contributed by atoms with Gasteiger partial charge in [0.05, 0.1) is 11.6 Å². The number of rotatable bonds is 4. The van der Waals surface area contributed by atoms with E-state index in [1.807, 2.05) is 12.1 Å². The normalized spacial score (nSPS) is 12.8. The summed E-state index contributed by atoms with van der Waals surface area (Å²) < 4.78 is 0. The molecule has 49 heavy (non-hydrogen) atoms. The van der Waals surface area contributed by atoms with Gasteiger partial charge in [0.2, 0.25) is 0 Å². The summed E-state index contributed by atoms with van der Waals surface area (Å²) in [6.45, 7) is 4.49. The molecule has 1 aromatic heterocycles. The molecule has 1 heterocycles. The first-order valence-corrected chi connectivity index (χ1v) is 16.5. The average molecular weight is 627 g/mol. The monoisotopic (exact) mass is 626 g/mol. The van der Waals surface area contributed by atoms with E-state index in [-0.39, 0.29) is 5.41 Å². The second-order valence-electron chi connectivity index (χ2n) is 13.2. The third-order valence-corrected chi connectivity index (χ3v) is 9.96. The highest BCUT2D eigenvalue weighted by Gasteiger charge is 2.37. The van der Waals surface area contributed by atoms with Gasteiger partial charge in [-0.1, -0.05) is 141 Å². The topological polar surface area (TPSA) is 62.5 Å². The van der Waals surface area contributed by atoms with E-state index in [1.54, 1.807) is 0 Å². The van der Waals surface area contributed by atoms with Gasteiger partial charge in [-0.05, 0) is 73.1 Å². The molecule has 230 valence electrons. The third-order valence-electron chi connectivity index (χ3n) is 9.96. The summed E-state index contributed by atoms with van der Waals surface area (Å²) in [5.74, 6) is 1.90. The highest BCUT2D eigenvalue weighted by molar-refractivity contribution is 5.98. The van der Waals surface area contributed by atoms with Crippen molar-refractivity contribution in [1.82, 2.24) is 15.0 Å². The standard InChI is InChI=1S/C45H30N4/c1-45(2)39-22-10-19-35(41(39)38-24-23-28(27-46)25-40(38)45)31-15-7-16-32(26-31)42-47-43(36-20-8-13-29-11-3-5-17-33(29)36)49-44(48-42)37-21-9-14-30-12-4-6-18-34(30)37/h3-26H,1-2H3. The van der Waals surface area contributed by atoms with Gasteiger partial charge in [0.1, 0.15) is 0 Å². The van der Waals surface area contributed by atoms with Crippen molar-refractivity contribution in [2.75, 3.05) is 0 Å². The summed E-state index contributed by atoms with van der Waals surface area (Å²) >= 11 is 0. The molecule has 7 aromatic carbocycles. The SMILES string of the molecule is CC1(C)c2cc(C#N)ccc2-c2c(-c3cccc(-c4nc(-c5cccc6ccccc56)nc(-c5cccc6ccccc56)n4)c3)cccc21. The largest absolute Gasteiger partial charge is 0.208 e. The first-order valence-electron chi connectivity index (χ1n) is 16.5. The van der Waals surface area contributed by atoms with Crippen LogP contribution in [0, 0.1) is 11.3 Å². The van der Waals surface area contributed by atoms with Crippen LogP contribution in [0.25, 0.3) is 78.0 Å². The molecule has 4 nitrogen and oxygen atoms in total. The van der Waals surface area contributed by atoms with Gasteiger partial charge >= 0.3 is 0 Å². The number of fused-ring (bicyclic) bond motifs is 5. The van der Waals surface area contributed by atoms with Crippen LogP contribution in [0.5, 0.6) is 0 Å². The first kappa shape index (κ1) is 28.8. The van der Waals surface area contributed by atoms with E-state index in [9.17, 15) is 5.26 Å². The zero-order valence-electron chi connectivity index (χ0n) is 27.1. The van der Waals surface area contributed by atoms with E-state index in [0.717, 1.165) is 49.4 Å². The van der Waals surface area contributed by atoms with Crippen LogP contribution in [0.1, 0.15) is 30.5 Å². The fraction of sp³-hybridized carbons (Fsp3) is 0.0667. The average Bonchev–Trinajstić information content (AvgIpc) is 3.39. The Hall–Kier alpha value is -6.44. The summed E-state index contributed by atoms with van der Waals surface area (Å²) in [5.41, 5.74) is 10.4. The molecule has 0 fully saturated rings. The predicted octanol–water partition coefficient (Wildman–Crippen LogP) is 11.0. The Morgan fingerprint density at radius 3 is 1.69 bits per heavy atom. The number of hydrogen-bond donors (Lipinski definition) is 0. The fourth-order valence-corrected chi connectivity index (χ4v) is 7.51. The Morgan fingerprint density at radius 2 is 1.02 bits per heavy atom. The molecular formula is C45H30N4. The van der Waals surface area contributed by atoms with Crippen molar-refractivity contribution in [2.45, 2.75) is 19.3 Å². The van der Waals surface area contributed by atoms with Crippen LogP contribution in [-0.4, -0.2) is 15.0 Å². The van der Waals surface area contributed by atoms with E-state index in [0.29, 0.717) is 23.0 Å². The van der Waals surface area contributed by atoms with Gasteiger partial charge in [-0.2, -0.15) is 5.26 Å². The molecule has 0 saturated heterocycles. The molecule has 1 aliphatic rings. The van der Waals surface area contributed by atoms with Crippen LogP contribution in [0.15, 0.2) is 146 Å². The molecule has 0 saturated carbocycles. The van der Waals surface area contributed by atoms with Crippen molar-refractivity contribution in [3.8, 4) is 62.5 Å². The lowest BCUT2D eigenvalue weighted by Gasteiger charge is -2.21. The molecule has 0 unspecified atom stereocenters. The number of nitriles is 1. The van der Waals surface area contributed by atoms with Crippen molar-refractivity contribution < 1.29 is 0 Å². The molecule has 8 aromatic rings. The van der Waals surface area contributed by atoms with Gasteiger partial charge in [0, 0.05) is 22.1 Å². The predicted molar refractivity (Wildman–Crippen MR) is 199 cm³/mol. The maximum absolute atomic E-state index is 9.65. The lowest BCUT2D eigenvalue weighted by molar-refractivity contribution is 0.660. The number of benzene rings is 7. The first-order chi connectivity index (χ1) is 24.0. The minimum absolute atomic E-state index is 0.222. The molecule has 0 radical (unpaired) electrons. The summed E-state index contributed by atoms with van der Waals surface area (Å²) in [5, 5.41) is 14.1. The quantitative estimate of drug-likeness (QED) is 0.195. The molecule has 0 amide bonds. The van der Waals surface area contributed by atoms with Crippen LogP contribution in [0.2, 0.25) is 0 Å². The molecule has 9 rings (SSSR count). The van der Waals surface area contributed by atoms with Crippen LogP contribution in [0.4, 0.5) is 0 Å². The molecule has 1 aliphatic carbocycles. The number of nitrogens with zero attached hydrogens (tertiary/aromatic N) is 4. The van der Waals surface area contributed by atoms with E-state index in [4.69, 9.17) is 15.0 Å². The molecule has 0 bridgehead atoms. The van der Waals surface area contributed by atoms with Crippen molar-refractivity contribution in [1.29, 1.82) is 5.26 Å². The van der Waals surface area contributed by atoms with Gasteiger partial charge < -0.3 is 0 Å². The van der Waals surface area contributed by atoms with Crippen molar-refractivity contribution in [3.05, 3.63) is 162 Å². The van der Waals surface area contributed by atoms with Crippen molar-refractivity contribution >= 4 is 21.5 Å². The maximum atomic E-state index is 9.65. The van der Waals surface area contributed by atoms with Gasteiger partial charge in [0.15, 0.2) is 17.5 Å². The smallest absolute Gasteiger partial charge is 0.164 e. The minimum atomic E-state index is -0.222. The van der Waals surface area contributed by atoms with Crippen molar-refractivity contribution in [3.63, 3.8) is 0 Å². The van der Waals surface area contributed by atoms with E-state index in [1.165, 1.54) is 22.3 Å². The second kappa shape index (κ2) is 11.1. The van der Waals surface area contributed by atoms with E-state index >= 15 is 0 Å². The lowest BCUT2D eigenvalue weighted by Crippen LogP contribution is -2.15. The summed E-state index contributed by atoms with van der Waals surface area (Å²) in [6.07, 6.45) is 0. The molecular weight excluding hydrogens is 597 g/mol. The van der Waals surface area contributed by atoms with Crippen LogP contribution >= 0.6 is 0 Å². The van der Waals surface area contributed by atoms with E-state index < -0.39 is 0 Å². The van der Waals surface area contributed by atoms with Gasteiger partial charge in [-0.3, -0.25) is 0 Å². The number of aromatic nitrogens is 3. The Kier molecular flexibility index (Phi) is 6.50. The van der Waals surface area contributed by atoms with Crippen LogP contribution < -0.4 is 0 Å². The summed E-state index contributed by atoms with van der Waals surface area (Å²) in [7, 11) is 0. The van der Waals surface area contributed by atoms with Gasteiger partial charge in [-0.25, -0.2) is 15.0 Å². The third kappa shape index (κ3) is 4.63.